The first kappa shape index (κ1) is 12.2. The van der Waals surface area contributed by atoms with Crippen LogP contribution in [0.3, 0.4) is 0 Å². The molecule has 1 atom stereocenters. The average Bonchev–Trinajstić information content (AvgIpc) is 2.48. The Kier molecular flexibility index (Phi) is 3.51. The van der Waals surface area contributed by atoms with Crippen molar-refractivity contribution in [3.05, 3.63) is 65.2 Å². The Balaban J connectivity index is 1.72. The van der Waals surface area contributed by atoms with Crippen LogP contribution in [0.15, 0.2) is 48.5 Å². The molecule has 1 aliphatic heterocycles. The van der Waals surface area contributed by atoms with E-state index in [1.165, 1.54) is 11.1 Å². The van der Waals surface area contributed by atoms with E-state index in [4.69, 9.17) is 9.84 Å². The number of ether oxygens (including phenoxy) is 1. The summed E-state index contributed by atoms with van der Waals surface area (Å²) < 4.78 is 6.05. The third kappa shape index (κ3) is 2.79. The van der Waals surface area contributed by atoms with Gasteiger partial charge in [0, 0.05) is 6.42 Å². The summed E-state index contributed by atoms with van der Waals surface area (Å²) in [5.74, 6) is 0.976. The van der Waals surface area contributed by atoms with E-state index in [0.29, 0.717) is 0 Å². The number of hydrogen-bond acceptors (Lipinski definition) is 2. The van der Waals surface area contributed by atoms with Gasteiger partial charge in [0.15, 0.2) is 0 Å². The van der Waals surface area contributed by atoms with Crippen molar-refractivity contribution in [2.45, 2.75) is 32.0 Å². The third-order valence-corrected chi connectivity index (χ3v) is 3.64. The van der Waals surface area contributed by atoms with Crippen LogP contribution in [-0.2, 0) is 19.4 Å². The minimum absolute atomic E-state index is 0.0979. The van der Waals surface area contributed by atoms with Gasteiger partial charge in [-0.1, -0.05) is 36.4 Å². The summed E-state index contributed by atoms with van der Waals surface area (Å²) in [6, 6.07) is 16.4. The first-order valence-corrected chi connectivity index (χ1v) is 6.78. The van der Waals surface area contributed by atoms with Gasteiger partial charge < -0.3 is 9.84 Å². The van der Waals surface area contributed by atoms with Crippen LogP contribution in [0.4, 0.5) is 0 Å². The minimum atomic E-state index is 0.0979. The second kappa shape index (κ2) is 5.45. The highest BCUT2D eigenvalue weighted by Gasteiger charge is 2.20. The first-order valence-electron chi connectivity index (χ1n) is 6.78. The zero-order valence-electron chi connectivity index (χ0n) is 10.9. The van der Waals surface area contributed by atoms with E-state index < -0.39 is 0 Å². The molecule has 0 aromatic heterocycles. The number of hydrogen-bond donors (Lipinski definition) is 1. The van der Waals surface area contributed by atoms with Crippen molar-refractivity contribution in [2.75, 3.05) is 0 Å². The number of benzene rings is 2. The zero-order valence-corrected chi connectivity index (χ0v) is 10.9. The van der Waals surface area contributed by atoms with Gasteiger partial charge in [0.2, 0.25) is 0 Å². The van der Waals surface area contributed by atoms with Crippen LogP contribution in [0.2, 0.25) is 0 Å². The largest absolute Gasteiger partial charge is 0.490 e. The molecular weight excluding hydrogens is 236 g/mol. The molecule has 2 nitrogen and oxygen atoms in total. The normalized spacial score (nSPS) is 17.6. The standard InChI is InChI=1S/C17H18O2/c18-12-14-6-9-17-15(10-14)7-8-16(19-17)11-13-4-2-1-3-5-13/h1-6,9-10,16,18H,7-8,11-12H2/t16-/m1/s1. The Bertz CT molecular complexity index is 548. The fourth-order valence-electron chi connectivity index (χ4n) is 2.62. The Morgan fingerprint density at radius 2 is 1.89 bits per heavy atom. The summed E-state index contributed by atoms with van der Waals surface area (Å²) in [6.45, 7) is 0.0979. The molecule has 1 heterocycles. The number of rotatable bonds is 3. The van der Waals surface area contributed by atoms with E-state index in [-0.39, 0.29) is 12.7 Å². The summed E-state index contributed by atoms with van der Waals surface area (Å²) in [7, 11) is 0. The van der Waals surface area contributed by atoms with Crippen molar-refractivity contribution in [2.24, 2.45) is 0 Å². The molecule has 2 heteroatoms. The van der Waals surface area contributed by atoms with Gasteiger partial charge >= 0.3 is 0 Å². The van der Waals surface area contributed by atoms with Crippen molar-refractivity contribution in [1.29, 1.82) is 0 Å². The maximum atomic E-state index is 9.15. The lowest BCUT2D eigenvalue weighted by Gasteiger charge is -2.26. The molecule has 98 valence electrons. The SMILES string of the molecule is OCc1ccc2c(c1)CC[C@H](Cc1ccccc1)O2. The predicted molar refractivity (Wildman–Crippen MR) is 75.2 cm³/mol. The van der Waals surface area contributed by atoms with E-state index in [1.54, 1.807) is 0 Å². The molecule has 0 bridgehead atoms. The summed E-state index contributed by atoms with van der Waals surface area (Å²) in [6.07, 6.45) is 3.29. The van der Waals surface area contributed by atoms with Gasteiger partial charge in [-0.3, -0.25) is 0 Å². The van der Waals surface area contributed by atoms with Gasteiger partial charge in [0.05, 0.1) is 6.61 Å². The Hall–Kier alpha value is -1.80. The van der Waals surface area contributed by atoms with Crippen LogP contribution in [0.25, 0.3) is 0 Å². The topological polar surface area (TPSA) is 29.5 Å². The minimum Gasteiger partial charge on any atom is -0.490 e. The fourth-order valence-corrected chi connectivity index (χ4v) is 2.62. The summed E-state index contributed by atoms with van der Waals surface area (Å²) in [4.78, 5) is 0. The molecule has 0 saturated heterocycles. The van der Waals surface area contributed by atoms with Gasteiger partial charge in [-0.05, 0) is 41.7 Å². The summed E-state index contributed by atoms with van der Waals surface area (Å²) in [5, 5.41) is 9.15. The van der Waals surface area contributed by atoms with Crippen molar-refractivity contribution in [3.63, 3.8) is 0 Å². The van der Waals surface area contributed by atoms with Crippen LogP contribution < -0.4 is 4.74 Å². The van der Waals surface area contributed by atoms with Gasteiger partial charge in [0.25, 0.3) is 0 Å². The molecule has 19 heavy (non-hydrogen) atoms. The Morgan fingerprint density at radius 3 is 2.68 bits per heavy atom. The lowest BCUT2D eigenvalue weighted by Crippen LogP contribution is -2.25. The fraction of sp³-hybridized carbons (Fsp3) is 0.294. The molecule has 0 unspecified atom stereocenters. The lowest BCUT2D eigenvalue weighted by atomic mass is 9.96. The second-order valence-corrected chi connectivity index (χ2v) is 5.07. The highest BCUT2D eigenvalue weighted by molar-refractivity contribution is 5.39. The van der Waals surface area contributed by atoms with E-state index in [2.05, 4.69) is 24.3 Å². The van der Waals surface area contributed by atoms with E-state index in [0.717, 1.165) is 30.6 Å². The quantitative estimate of drug-likeness (QED) is 0.912. The molecule has 0 aliphatic carbocycles. The maximum Gasteiger partial charge on any atom is 0.122 e. The monoisotopic (exact) mass is 254 g/mol. The van der Waals surface area contributed by atoms with Crippen molar-refractivity contribution in [1.82, 2.24) is 0 Å². The van der Waals surface area contributed by atoms with Gasteiger partial charge in [0.1, 0.15) is 11.9 Å². The van der Waals surface area contributed by atoms with Crippen LogP contribution in [0.1, 0.15) is 23.1 Å². The summed E-state index contributed by atoms with van der Waals surface area (Å²) >= 11 is 0. The van der Waals surface area contributed by atoms with E-state index in [9.17, 15) is 0 Å². The molecule has 0 radical (unpaired) electrons. The number of aliphatic hydroxyl groups excluding tert-OH is 1. The van der Waals surface area contributed by atoms with Crippen LogP contribution in [-0.4, -0.2) is 11.2 Å². The maximum absolute atomic E-state index is 9.15. The smallest absolute Gasteiger partial charge is 0.122 e. The molecule has 0 saturated carbocycles. The molecule has 0 fully saturated rings. The van der Waals surface area contributed by atoms with E-state index in [1.807, 2.05) is 24.3 Å². The highest BCUT2D eigenvalue weighted by Crippen LogP contribution is 2.29. The molecule has 1 N–H and O–H groups in total. The Labute approximate surface area is 113 Å². The van der Waals surface area contributed by atoms with Crippen molar-refractivity contribution >= 4 is 0 Å². The van der Waals surface area contributed by atoms with Crippen LogP contribution in [0, 0.1) is 0 Å². The van der Waals surface area contributed by atoms with Crippen molar-refractivity contribution < 1.29 is 9.84 Å². The molecule has 0 spiro atoms. The zero-order chi connectivity index (χ0) is 13.1. The van der Waals surface area contributed by atoms with Crippen LogP contribution >= 0.6 is 0 Å². The Morgan fingerprint density at radius 1 is 1.05 bits per heavy atom. The molecule has 0 amide bonds. The molecule has 2 aromatic rings. The first-order chi connectivity index (χ1) is 9.35. The van der Waals surface area contributed by atoms with Crippen LogP contribution in [0.5, 0.6) is 5.75 Å². The molecule has 1 aliphatic rings. The molecule has 2 aromatic carbocycles. The highest BCUT2D eigenvalue weighted by atomic mass is 16.5. The van der Waals surface area contributed by atoms with Crippen molar-refractivity contribution in [3.8, 4) is 5.75 Å². The molecule has 3 rings (SSSR count). The third-order valence-electron chi connectivity index (χ3n) is 3.64. The lowest BCUT2D eigenvalue weighted by molar-refractivity contribution is 0.173. The predicted octanol–water partition coefficient (Wildman–Crippen LogP) is 3.12. The second-order valence-electron chi connectivity index (χ2n) is 5.07. The molecular formula is C17H18O2. The number of aliphatic hydroxyl groups is 1. The van der Waals surface area contributed by atoms with Gasteiger partial charge in [-0.15, -0.1) is 0 Å². The van der Waals surface area contributed by atoms with Gasteiger partial charge in [-0.25, -0.2) is 0 Å². The number of fused-ring (bicyclic) bond motifs is 1. The van der Waals surface area contributed by atoms with E-state index >= 15 is 0 Å². The summed E-state index contributed by atoms with van der Waals surface area (Å²) in [5.41, 5.74) is 3.50. The average molecular weight is 254 g/mol. The van der Waals surface area contributed by atoms with Gasteiger partial charge in [-0.2, -0.15) is 0 Å². The number of aryl methyl sites for hydroxylation is 1.